The molecule has 0 bridgehead atoms. The molecule has 1 saturated heterocycles. The zero-order chi connectivity index (χ0) is 23.9. The van der Waals surface area contributed by atoms with E-state index in [-0.39, 0.29) is 25.2 Å². The average molecular weight is 457 g/mol. The highest BCUT2D eigenvalue weighted by atomic mass is 16.6. The first-order chi connectivity index (χ1) is 16.5. The highest BCUT2D eigenvalue weighted by molar-refractivity contribution is 6.01. The molecule has 1 aliphatic heterocycles. The molecule has 7 nitrogen and oxygen atoms in total. The van der Waals surface area contributed by atoms with Crippen molar-refractivity contribution in [2.45, 2.75) is 25.5 Å². The third-order valence-electron chi connectivity index (χ3n) is 5.55. The van der Waals surface area contributed by atoms with Crippen LogP contribution in [-0.4, -0.2) is 41.3 Å². The van der Waals surface area contributed by atoms with Gasteiger partial charge in [-0.3, -0.25) is 9.59 Å². The van der Waals surface area contributed by atoms with Gasteiger partial charge in [-0.05, 0) is 23.1 Å². The summed E-state index contributed by atoms with van der Waals surface area (Å²) in [5.41, 5.74) is 3.14. The third-order valence-corrected chi connectivity index (χ3v) is 5.55. The molecule has 0 radical (unpaired) electrons. The number of ether oxygens (including phenoxy) is 2. The summed E-state index contributed by atoms with van der Waals surface area (Å²) in [6, 6.07) is 24.6. The van der Waals surface area contributed by atoms with Gasteiger partial charge in [-0.15, -0.1) is 0 Å². The van der Waals surface area contributed by atoms with E-state index < -0.39 is 30.6 Å². The molecule has 1 atom stereocenters. The Morgan fingerprint density at radius 3 is 2.09 bits per heavy atom. The van der Waals surface area contributed by atoms with Crippen molar-refractivity contribution in [1.29, 1.82) is 0 Å². The second-order valence-electron chi connectivity index (χ2n) is 7.83. The Bertz CT molecular complexity index is 1170. The summed E-state index contributed by atoms with van der Waals surface area (Å²) in [4.78, 5) is 50.5. The van der Waals surface area contributed by atoms with E-state index in [1.807, 2.05) is 48.5 Å². The maximum atomic E-state index is 12.6. The lowest BCUT2D eigenvalue weighted by Crippen LogP contribution is -2.44. The molecule has 3 aromatic carbocycles. The average Bonchev–Trinajstić information content (AvgIpc) is 3.28. The normalized spacial score (nSPS) is 15.1. The van der Waals surface area contributed by atoms with Crippen LogP contribution in [0.1, 0.15) is 28.8 Å². The van der Waals surface area contributed by atoms with Crippen molar-refractivity contribution >= 4 is 23.8 Å². The Balaban J connectivity index is 1.32. The summed E-state index contributed by atoms with van der Waals surface area (Å²) in [7, 11) is 0. The number of imide groups is 1. The van der Waals surface area contributed by atoms with Gasteiger partial charge in [0.25, 0.3) is 0 Å². The quantitative estimate of drug-likeness (QED) is 0.386. The van der Waals surface area contributed by atoms with Gasteiger partial charge in [0.15, 0.2) is 12.4 Å². The van der Waals surface area contributed by atoms with Crippen molar-refractivity contribution in [3.63, 3.8) is 0 Å². The van der Waals surface area contributed by atoms with Crippen molar-refractivity contribution < 1.29 is 28.7 Å². The van der Waals surface area contributed by atoms with Crippen LogP contribution in [-0.2, 0) is 25.7 Å². The zero-order valence-corrected chi connectivity index (χ0v) is 18.4. The minimum Gasteiger partial charge on any atom is -0.456 e. The summed E-state index contributed by atoms with van der Waals surface area (Å²) >= 11 is 0. The Morgan fingerprint density at radius 2 is 1.41 bits per heavy atom. The molecule has 0 aliphatic carbocycles. The fourth-order valence-electron chi connectivity index (χ4n) is 3.72. The van der Waals surface area contributed by atoms with E-state index >= 15 is 0 Å². The molecule has 0 saturated carbocycles. The molecule has 0 aromatic heterocycles. The van der Waals surface area contributed by atoms with Crippen LogP contribution in [0.3, 0.4) is 0 Å². The fraction of sp³-hybridized carbons (Fsp3) is 0.185. The van der Waals surface area contributed by atoms with Crippen molar-refractivity contribution in [3.05, 3.63) is 96.1 Å². The standard InChI is InChI=1S/C27H23NO6/c29-24(22-13-11-21(12-14-22)20-9-5-2-6-10-20)18-33-26(31)23-15-16-25(30)28(23)27(32)34-17-19-7-3-1-4-8-19/h1-14,23H,15-18H2/t23-/m1/s1. The molecule has 0 spiro atoms. The molecule has 0 unspecified atom stereocenters. The highest BCUT2D eigenvalue weighted by Crippen LogP contribution is 2.22. The number of ketones is 1. The second-order valence-corrected chi connectivity index (χ2v) is 7.83. The maximum Gasteiger partial charge on any atom is 0.417 e. The van der Waals surface area contributed by atoms with Gasteiger partial charge in [-0.1, -0.05) is 84.9 Å². The van der Waals surface area contributed by atoms with E-state index in [0.29, 0.717) is 5.56 Å². The molecule has 34 heavy (non-hydrogen) atoms. The molecule has 0 N–H and O–H groups in total. The Kier molecular flexibility index (Phi) is 7.13. The van der Waals surface area contributed by atoms with Crippen molar-refractivity contribution in [2.24, 2.45) is 0 Å². The predicted molar refractivity (Wildman–Crippen MR) is 124 cm³/mol. The number of Topliss-reactive ketones (excluding diaryl/α,β-unsaturated/α-hetero) is 1. The SMILES string of the molecule is O=C(COC(=O)[C@H]1CCC(=O)N1C(=O)OCc1ccccc1)c1ccc(-c2ccccc2)cc1. The lowest BCUT2D eigenvalue weighted by atomic mass is 10.0. The minimum absolute atomic E-state index is 0.0229. The number of carbonyl (C=O) groups excluding carboxylic acids is 4. The molecular weight excluding hydrogens is 434 g/mol. The van der Waals surface area contributed by atoms with Gasteiger partial charge in [0.2, 0.25) is 5.91 Å². The van der Waals surface area contributed by atoms with E-state index in [0.717, 1.165) is 21.6 Å². The van der Waals surface area contributed by atoms with Crippen LogP contribution in [0.4, 0.5) is 4.79 Å². The molecule has 1 fully saturated rings. The first kappa shape index (κ1) is 22.9. The van der Waals surface area contributed by atoms with Gasteiger partial charge in [0, 0.05) is 12.0 Å². The van der Waals surface area contributed by atoms with Crippen molar-refractivity contribution in [1.82, 2.24) is 4.90 Å². The van der Waals surface area contributed by atoms with Gasteiger partial charge in [-0.2, -0.15) is 0 Å². The van der Waals surface area contributed by atoms with E-state index in [9.17, 15) is 19.2 Å². The van der Waals surface area contributed by atoms with Gasteiger partial charge < -0.3 is 9.47 Å². The van der Waals surface area contributed by atoms with Crippen LogP contribution in [0.15, 0.2) is 84.9 Å². The van der Waals surface area contributed by atoms with Gasteiger partial charge in [0.1, 0.15) is 12.6 Å². The summed E-state index contributed by atoms with van der Waals surface area (Å²) in [5, 5.41) is 0. The Hall–Kier alpha value is -4.26. The van der Waals surface area contributed by atoms with Crippen LogP contribution in [0, 0.1) is 0 Å². The minimum atomic E-state index is -1.11. The molecule has 1 aliphatic rings. The summed E-state index contributed by atoms with van der Waals surface area (Å²) in [6.45, 7) is -0.510. The van der Waals surface area contributed by atoms with E-state index in [4.69, 9.17) is 9.47 Å². The number of hydrogen-bond donors (Lipinski definition) is 0. The number of carbonyl (C=O) groups is 4. The molecule has 4 rings (SSSR count). The molecule has 172 valence electrons. The number of benzene rings is 3. The number of esters is 1. The van der Waals surface area contributed by atoms with E-state index in [2.05, 4.69) is 0 Å². The van der Waals surface area contributed by atoms with Crippen molar-refractivity contribution in [2.75, 3.05) is 6.61 Å². The summed E-state index contributed by atoms with van der Waals surface area (Å²) < 4.78 is 10.4. The third kappa shape index (κ3) is 5.38. The summed E-state index contributed by atoms with van der Waals surface area (Å²) in [5.74, 6) is -1.70. The fourth-order valence-corrected chi connectivity index (χ4v) is 3.72. The number of likely N-dealkylation sites (tertiary alicyclic amines) is 1. The van der Waals surface area contributed by atoms with Gasteiger partial charge >= 0.3 is 12.1 Å². The Morgan fingerprint density at radius 1 is 0.794 bits per heavy atom. The first-order valence-electron chi connectivity index (χ1n) is 10.9. The molecule has 3 aromatic rings. The van der Waals surface area contributed by atoms with Crippen molar-refractivity contribution in [3.8, 4) is 11.1 Å². The number of hydrogen-bond acceptors (Lipinski definition) is 6. The van der Waals surface area contributed by atoms with Crippen LogP contribution in [0.5, 0.6) is 0 Å². The number of amides is 2. The lowest BCUT2D eigenvalue weighted by molar-refractivity contribution is -0.149. The van der Waals surface area contributed by atoms with E-state index in [1.165, 1.54) is 0 Å². The van der Waals surface area contributed by atoms with Gasteiger partial charge in [0.05, 0.1) is 0 Å². The molecule has 1 heterocycles. The van der Waals surface area contributed by atoms with Gasteiger partial charge in [-0.25, -0.2) is 14.5 Å². The molecular formula is C27H23NO6. The maximum absolute atomic E-state index is 12.6. The first-order valence-corrected chi connectivity index (χ1v) is 10.9. The zero-order valence-electron chi connectivity index (χ0n) is 18.4. The number of nitrogens with zero attached hydrogens (tertiary/aromatic N) is 1. The highest BCUT2D eigenvalue weighted by Gasteiger charge is 2.42. The molecule has 7 heteroatoms. The molecule has 2 amide bonds. The monoisotopic (exact) mass is 457 g/mol. The number of rotatable bonds is 7. The van der Waals surface area contributed by atoms with Crippen LogP contribution in [0.25, 0.3) is 11.1 Å². The predicted octanol–water partition coefficient (Wildman–Crippen LogP) is 4.41. The lowest BCUT2D eigenvalue weighted by Gasteiger charge is -2.21. The second kappa shape index (κ2) is 10.6. The largest absolute Gasteiger partial charge is 0.456 e. The Labute approximate surface area is 196 Å². The van der Waals surface area contributed by atoms with Crippen LogP contribution < -0.4 is 0 Å². The smallest absolute Gasteiger partial charge is 0.417 e. The van der Waals surface area contributed by atoms with Crippen LogP contribution in [0.2, 0.25) is 0 Å². The van der Waals surface area contributed by atoms with E-state index in [1.54, 1.807) is 36.4 Å². The van der Waals surface area contributed by atoms with Crippen LogP contribution >= 0.6 is 0 Å². The topological polar surface area (TPSA) is 90.0 Å². The summed E-state index contributed by atoms with van der Waals surface area (Å²) in [6.07, 6.45) is -0.760.